The molecule has 1 amide bonds. The molecule has 1 aliphatic carbocycles. The number of halogens is 3. The predicted molar refractivity (Wildman–Crippen MR) is 145 cm³/mol. The van der Waals surface area contributed by atoms with E-state index in [-0.39, 0.29) is 5.91 Å². The Labute approximate surface area is 229 Å². The lowest BCUT2D eigenvalue weighted by Gasteiger charge is -2.37. The van der Waals surface area contributed by atoms with Crippen LogP contribution in [0.15, 0.2) is 59.8 Å². The number of aromatic nitrogens is 2. The number of methoxy groups -OCH3 is 1. The number of nitrogens with one attached hydrogen (secondary N) is 1. The number of carbonyl (C=O) groups is 1. The van der Waals surface area contributed by atoms with Gasteiger partial charge in [-0.15, -0.1) is 0 Å². The Morgan fingerprint density at radius 3 is 2.49 bits per heavy atom. The van der Waals surface area contributed by atoms with Gasteiger partial charge in [0.2, 0.25) is 0 Å². The van der Waals surface area contributed by atoms with Crippen LogP contribution in [0.5, 0.6) is 0 Å². The fraction of sp³-hybridized carbons (Fsp3) is 0.393. The second-order valence-electron chi connectivity index (χ2n) is 9.69. The smallest absolute Gasteiger partial charge is 0.378 e. The molecule has 0 radical (unpaired) electrons. The lowest BCUT2D eigenvalue weighted by molar-refractivity contribution is -0.137. The number of amides is 1. The summed E-state index contributed by atoms with van der Waals surface area (Å²) in [5.41, 5.74) is 2.33. The van der Waals surface area contributed by atoms with Crippen LogP contribution in [0.1, 0.15) is 40.0 Å². The molecule has 7 nitrogen and oxygen atoms in total. The van der Waals surface area contributed by atoms with Crippen molar-refractivity contribution in [3.63, 3.8) is 0 Å². The third-order valence-corrected chi connectivity index (χ3v) is 7.57. The molecule has 206 valence electrons. The number of carbonyl (C=O) groups excluding carboxylic acids is 1. The van der Waals surface area contributed by atoms with E-state index in [4.69, 9.17) is 9.72 Å². The van der Waals surface area contributed by atoms with Gasteiger partial charge in [0.05, 0.1) is 17.9 Å². The average molecular weight is 558 g/mol. The molecule has 1 saturated heterocycles. The fourth-order valence-corrected chi connectivity index (χ4v) is 5.24. The first-order valence-electron chi connectivity index (χ1n) is 12.8. The number of hydrogen-bond donors (Lipinski definition) is 1. The van der Waals surface area contributed by atoms with Crippen LogP contribution in [-0.2, 0) is 23.3 Å². The Morgan fingerprint density at radius 2 is 1.77 bits per heavy atom. The van der Waals surface area contributed by atoms with Gasteiger partial charge in [-0.25, -0.2) is 9.97 Å². The summed E-state index contributed by atoms with van der Waals surface area (Å²) in [6.45, 7) is 2.71. The molecule has 0 bridgehead atoms. The van der Waals surface area contributed by atoms with Crippen LogP contribution < -0.4 is 15.1 Å². The van der Waals surface area contributed by atoms with Gasteiger partial charge >= 0.3 is 6.18 Å². The van der Waals surface area contributed by atoms with Gasteiger partial charge in [0.15, 0.2) is 5.16 Å². The van der Waals surface area contributed by atoms with Gasteiger partial charge in [-0.3, -0.25) is 4.79 Å². The summed E-state index contributed by atoms with van der Waals surface area (Å²) in [7, 11) is 1.61. The van der Waals surface area contributed by atoms with Gasteiger partial charge < -0.3 is 19.9 Å². The Bertz CT molecular complexity index is 1310. The van der Waals surface area contributed by atoms with Crippen LogP contribution in [0.3, 0.4) is 0 Å². The summed E-state index contributed by atoms with van der Waals surface area (Å²) >= 11 is 1.49. The van der Waals surface area contributed by atoms with E-state index in [2.05, 4.69) is 15.2 Å². The summed E-state index contributed by atoms with van der Waals surface area (Å²) in [6.07, 6.45) is -2.28. The summed E-state index contributed by atoms with van der Waals surface area (Å²) in [6, 6.07) is 15.2. The van der Waals surface area contributed by atoms with Crippen LogP contribution in [0.25, 0.3) is 0 Å². The molecule has 1 aromatic heterocycles. The summed E-state index contributed by atoms with van der Waals surface area (Å²) in [4.78, 5) is 25.9. The molecular weight excluding hydrogens is 527 g/mol. The molecule has 39 heavy (non-hydrogen) atoms. The Balaban J connectivity index is 1.25. The van der Waals surface area contributed by atoms with Crippen molar-refractivity contribution in [2.45, 2.75) is 42.6 Å². The maximum Gasteiger partial charge on any atom is 0.416 e. The first-order chi connectivity index (χ1) is 18.8. The maximum atomic E-state index is 13.2. The zero-order valence-electron chi connectivity index (χ0n) is 21.6. The first-order valence-corrected chi connectivity index (χ1v) is 13.8. The van der Waals surface area contributed by atoms with Gasteiger partial charge in [0.1, 0.15) is 5.82 Å². The summed E-state index contributed by atoms with van der Waals surface area (Å²) < 4.78 is 44.8. The summed E-state index contributed by atoms with van der Waals surface area (Å²) in [5.74, 6) is 1.32. The third kappa shape index (κ3) is 7.21. The first kappa shape index (κ1) is 27.3. The van der Waals surface area contributed by atoms with Crippen LogP contribution in [0.4, 0.5) is 24.7 Å². The molecule has 1 saturated carbocycles. The normalized spacial score (nSPS) is 15.9. The second kappa shape index (κ2) is 11.8. The second-order valence-corrected chi connectivity index (χ2v) is 10.6. The van der Waals surface area contributed by atoms with E-state index in [0.29, 0.717) is 61.0 Å². The highest BCUT2D eigenvalue weighted by molar-refractivity contribution is 7.98. The molecule has 5 rings (SSSR count). The van der Waals surface area contributed by atoms with Crippen molar-refractivity contribution in [2.75, 3.05) is 43.1 Å². The highest BCUT2D eigenvalue weighted by atomic mass is 32.2. The van der Waals surface area contributed by atoms with Crippen LogP contribution in [-0.4, -0.2) is 55.2 Å². The molecule has 0 spiro atoms. The lowest BCUT2D eigenvalue weighted by atomic mass is 10.1. The molecule has 1 aliphatic heterocycles. The highest BCUT2D eigenvalue weighted by Crippen LogP contribution is 2.32. The number of anilines is 2. The molecule has 11 heteroatoms. The number of hydrogen-bond acceptors (Lipinski definition) is 7. The molecule has 2 aromatic carbocycles. The molecule has 1 N–H and O–H groups in total. The highest BCUT2D eigenvalue weighted by Gasteiger charge is 2.31. The van der Waals surface area contributed by atoms with Crippen LogP contribution in [0.2, 0.25) is 0 Å². The van der Waals surface area contributed by atoms with Crippen molar-refractivity contribution in [3.05, 3.63) is 77.0 Å². The largest absolute Gasteiger partial charge is 0.416 e. The number of piperazine rings is 1. The minimum atomic E-state index is -4.37. The van der Waals surface area contributed by atoms with E-state index in [1.165, 1.54) is 23.9 Å². The average Bonchev–Trinajstić information content (AvgIpc) is 3.76. The van der Waals surface area contributed by atoms with E-state index in [9.17, 15) is 18.0 Å². The summed E-state index contributed by atoms with van der Waals surface area (Å²) in [5, 5.41) is 3.62. The maximum absolute atomic E-state index is 13.2. The monoisotopic (exact) mass is 557 g/mol. The van der Waals surface area contributed by atoms with Crippen molar-refractivity contribution in [3.8, 4) is 0 Å². The number of alkyl halides is 3. The number of ether oxygens (including phenoxy) is 1. The standard InChI is InChI=1S/C28H30F3N5O2S/c1-38-17-23-16-25(36-12-10-35(11-13-36)24-7-3-6-21(15-24)28(29,30)31)34-27(33-23)39-18-19-4-2-5-20(14-19)26(37)32-22-8-9-22/h2-7,14-16,22H,8-13,17-18H2,1H3,(H,32,37). The molecule has 2 aliphatic rings. The van der Waals surface area contributed by atoms with Crippen molar-refractivity contribution in [1.29, 1.82) is 0 Å². The number of nitrogens with zero attached hydrogens (tertiary/aromatic N) is 4. The van der Waals surface area contributed by atoms with Gasteiger partial charge in [0, 0.05) is 62.4 Å². The van der Waals surface area contributed by atoms with Gasteiger partial charge in [-0.2, -0.15) is 13.2 Å². The third-order valence-electron chi connectivity index (χ3n) is 6.65. The molecule has 2 fully saturated rings. The Hall–Kier alpha value is -3.31. The van der Waals surface area contributed by atoms with Crippen molar-refractivity contribution in [2.24, 2.45) is 0 Å². The van der Waals surface area contributed by atoms with Gasteiger partial charge in [-0.05, 0) is 48.7 Å². The SMILES string of the molecule is COCc1cc(N2CCN(c3cccc(C(F)(F)F)c3)CC2)nc(SCc2cccc(C(=O)NC3CC3)c2)n1. The fourth-order valence-electron chi connectivity index (χ4n) is 4.43. The van der Waals surface area contributed by atoms with Gasteiger partial charge in [0.25, 0.3) is 5.91 Å². The zero-order valence-corrected chi connectivity index (χ0v) is 22.4. The number of thioether (sulfide) groups is 1. The van der Waals surface area contributed by atoms with Crippen molar-refractivity contribution >= 4 is 29.2 Å². The minimum Gasteiger partial charge on any atom is -0.378 e. The topological polar surface area (TPSA) is 70.6 Å². The van der Waals surface area contributed by atoms with E-state index >= 15 is 0 Å². The minimum absolute atomic E-state index is 0.0470. The van der Waals surface area contributed by atoms with E-state index in [1.807, 2.05) is 35.2 Å². The Morgan fingerprint density at radius 1 is 1.03 bits per heavy atom. The molecule has 0 atom stereocenters. The predicted octanol–water partition coefficient (Wildman–Crippen LogP) is 5.15. The molecule has 2 heterocycles. The van der Waals surface area contributed by atoms with Crippen LogP contribution >= 0.6 is 11.8 Å². The van der Waals surface area contributed by atoms with E-state index in [0.717, 1.165) is 36.0 Å². The van der Waals surface area contributed by atoms with Crippen molar-refractivity contribution < 1.29 is 22.7 Å². The lowest BCUT2D eigenvalue weighted by Crippen LogP contribution is -2.47. The van der Waals surface area contributed by atoms with Crippen molar-refractivity contribution in [1.82, 2.24) is 15.3 Å². The quantitative estimate of drug-likeness (QED) is 0.288. The van der Waals surface area contributed by atoms with E-state index < -0.39 is 11.7 Å². The zero-order chi connectivity index (χ0) is 27.4. The van der Waals surface area contributed by atoms with E-state index in [1.54, 1.807) is 13.2 Å². The molecular formula is C28H30F3N5O2S. The number of benzene rings is 2. The van der Waals surface area contributed by atoms with Gasteiger partial charge in [-0.1, -0.05) is 30.0 Å². The van der Waals surface area contributed by atoms with Crippen LogP contribution in [0, 0.1) is 0 Å². The number of rotatable bonds is 9. The Kier molecular flexibility index (Phi) is 8.27. The molecule has 0 unspecified atom stereocenters. The molecule has 3 aromatic rings.